The SMILES string of the molecule is CC(F)(F)C1=NOC(c2ccc(CBr)cc2)=CC1. The van der Waals surface area contributed by atoms with Gasteiger partial charge in [-0.1, -0.05) is 45.4 Å². The quantitative estimate of drug-likeness (QED) is 0.760. The largest absolute Gasteiger partial charge is 0.357 e. The summed E-state index contributed by atoms with van der Waals surface area (Å²) in [6.45, 7) is 0.818. The van der Waals surface area contributed by atoms with Gasteiger partial charge in [0.05, 0.1) is 0 Å². The van der Waals surface area contributed by atoms with E-state index in [1.54, 1.807) is 6.08 Å². The summed E-state index contributed by atoms with van der Waals surface area (Å²) in [5, 5.41) is 4.27. The maximum absolute atomic E-state index is 13.0. The predicted octanol–water partition coefficient (Wildman–Crippen LogP) is 4.35. The minimum atomic E-state index is -2.93. The Balaban J connectivity index is 2.11. The van der Waals surface area contributed by atoms with Crippen LogP contribution >= 0.6 is 15.9 Å². The van der Waals surface area contributed by atoms with Crippen LogP contribution in [0.2, 0.25) is 0 Å². The second-order valence-electron chi connectivity index (χ2n) is 4.12. The van der Waals surface area contributed by atoms with E-state index < -0.39 is 5.92 Å². The van der Waals surface area contributed by atoms with Crippen molar-refractivity contribution in [2.45, 2.75) is 24.6 Å². The first-order valence-corrected chi connectivity index (χ1v) is 6.60. The predicted molar refractivity (Wildman–Crippen MR) is 70.8 cm³/mol. The molecular formula is C13H12BrF2NO. The summed E-state index contributed by atoms with van der Waals surface area (Å²) in [5.74, 6) is -2.41. The molecule has 0 aromatic heterocycles. The van der Waals surface area contributed by atoms with Crippen molar-refractivity contribution in [1.29, 1.82) is 0 Å². The molecule has 1 heterocycles. The molecule has 0 radical (unpaired) electrons. The van der Waals surface area contributed by atoms with E-state index in [1.807, 2.05) is 24.3 Å². The first-order chi connectivity index (χ1) is 8.50. The fourth-order valence-corrected chi connectivity index (χ4v) is 1.93. The van der Waals surface area contributed by atoms with Gasteiger partial charge in [0, 0.05) is 24.2 Å². The van der Waals surface area contributed by atoms with Gasteiger partial charge in [0.2, 0.25) is 0 Å². The van der Waals surface area contributed by atoms with Crippen molar-refractivity contribution in [3.8, 4) is 0 Å². The van der Waals surface area contributed by atoms with Gasteiger partial charge >= 0.3 is 0 Å². The van der Waals surface area contributed by atoms with Crippen LogP contribution in [0.3, 0.4) is 0 Å². The summed E-state index contributed by atoms with van der Waals surface area (Å²) < 4.78 is 26.0. The van der Waals surface area contributed by atoms with Gasteiger partial charge in [-0.2, -0.15) is 0 Å². The number of halogens is 3. The molecule has 1 aliphatic rings. The maximum Gasteiger partial charge on any atom is 0.286 e. The number of hydrogen-bond acceptors (Lipinski definition) is 2. The van der Waals surface area contributed by atoms with Crippen molar-refractivity contribution in [2.24, 2.45) is 5.16 Å². The fourth-order valence-electron chi connectivity index (χ4n) is 1.56. The highest BCUT2D eigenvalue weighted by Gasteiger charge is 2.31. The first kappa shape index (κ1) is 13.2. The van der Waals surface area contributed by atoms with Crippen LogP contribution in [0.5, 0.6) is 0 Å². The van der Waals surface area contributed by atoms with Crippen LogP contribution < -0.4 is 0 Å². The number of nitrogens with zero attached hydrogens (tertiary/aromatic N) is 1. The Kier molecular flexibility index (Phi) is 3.80. The van der Waals surface area contributed by atoms with Gasteiger partial charge in [-0.25, -0.2) is 8.78 Å². The van der Waals surface area contributed by atoms with Crippen molar-refractivity contribution in [3.05, 3.63) is 41.5 Å². The molecule has 18 heavy (non-hydrogen) atoms. The van der Waals surface area contributed by atoms with Gasteiger partial charge < -0.3 is 4.84 Å². The molecule has 2 rings (SSSR count). The maximum atomic E-state index is 13.0. The standard InChI is InChI=1S/C13H12BrF2NO/c1-13(15,16)12-7-6-11(18-17-12)10-4-2-9(8-14)3-5-10/h2-6H,7-8H2,1H3. The molecule has 1 aromatic carbocycles. The van der Waals surface area contributed by atoms with Crippen molar-refractivity contribution in [1.82, 2.24) is 0 Å². The van der Waals surface area contributed by atoms with E-state index in [4.69, 9.17) is 4.84 Å². The molecule has 5 heteroatoms. The van der Waals surface area contributed by atoms with Crippen LogP contribution in [-0.4, -0.2) is 11.6 Å². The zero-order chi connectivity index (χ0) is 13.2. The lowest BCUT2D eigenvalue weighted by Gasteiger charge is -2.17. The molecule has 1 aliphatic heterocycles. The Morgan fingerprint density at radius 2 is 2.00 bits per heavy atom. The molecule has 0 spiro atoms. The first-order valence-electron chi connectivity index (χ1n) is 5.48. The highest BCUT2D eigenvalue weighted by molar-refractivity contribution is 9.08. The fraction of sp³-hybridized carbons (Fsp3) is 0.308. The number of alkyl halides is 3. The van der Waals surface area contributed by atoms with E-state index in [0.717, 1.165) is 23.4 Å². The molecule has 0 amide bonds. The normalized spacial score (nSPS) is 15.8. The monoisotopic (exact) mass is 315 g/mol. The third-order valence-electron chi connectivity index (χ3n) is 2.63. The van der Waals surface area contributed by atoms with E-state index in [0.29, 0.717) is 5.76 Å². The Hall–Kier alpha value is -1.23. The number of oxime groups is 1. The molecule has 0 fully saturated rings. The van der Waals surface area contributed by atoms with Crippen LogP contribution in [0.1, 0.15) is 24.5 Å². The molecule has 0 atom stereocenters. The van der Waals surface area contributed by atoms with Gasteiger partial charge in [-0.15, -0.1) is 0 Å². The van der Waals surface area contributed by atoms with Gasteiger partial charge in [0.25, 0.3) is 5.92 Å². The summed E-state index contributed by atoms with van der Waals surface area (Å²) in [5.41, 5.74) is 1.73. The van der Waals surface area contributed by atoms with Crippen LogP contribution in [0.4, 0.5) is 8.78 Å². The Bertz CT molecular complexity index is 489. The Labute approximate surface area is 112 Å². The lowest BCUT2D eigenvalue weighted by atomic mass is 10.1. The van der Waals surface area contributed by atoms with Crippen LogP contribution in [-0.2, 0) is 10.2 Å². The molecule has 0 bridgehead atoms. The average Bonchev–Trinajstić information content (AvgIpc) is 2.38. The molecule has 1 aromatic rings. The third-order valence-corrected chi connectivity index (χ3v) is 3.28. The molecular weight excluding hydrogens is 304 g/mol. The topological polar surface area (TPSA) is 21.6 Å². The summed E-state index contributed by atoms with van der Waals surface area (Å²) >= 11 is 3.36. The molecule has 0 saturated heterocycles. The zero-order valence-corrected chi connectivity index (χ0v) is 11.4. The minimum Gasteiger partial charge on any atom is -0.357 e. The highest BCUT2D eigenvalue weighted by atomic mass is 79.9. The van der Waals surface area contributed by atoms with E-state index in [2.05, 4.69) is 21.1 Å². The van der Waals surface area contributed by atoms with E-state index >= 15 is 0 Å². The van der Waals surface area contributed by atoms with Gasteiger partial charge in [0.1, 0.15) is 5.71 Å². The molecule has 2 nitrogen and oxygen atoms in total. The van der Waals surface area contributed by atoms with E-state index in [1.165, 1.54) is 0 Å². The number of rotatable bonds is 3. The zero-order valence-electron chi connectivity index (χ0n) is 9.79. The average molecular weight is 316 g/mol. The van der Waals surface area contributed by atoms with Crippen molar-refractivity contribution < 1.29 is 13.6 Å². The molecule has 0 saturated carbocycles. The van der Waals surface area contributed by atoms with Crippen LogP contribution in [0, 0.1) is 0 Å². The van der Waals surface area contributed by atoms with Gasteiger partial charge in [-0.05, 0) is 11.6 Å². The van der Waals surface area contributed by atoms with Gasteiger partial charge in [0.15, 0.2) is 5.76 Å². The summed E-state index contributed by atoms with van der Waals surface area (Å²) in [6, 6.07) is 7.66. The molecule has 0 aliphatic carbocycles. The van der Waals surface area contributed by atoms with Crippen molar-refractivity contribution in [3.63, 3.8) is 0 Å². The second-order valence-corrected chi connectivity index (χ2v) is 4.68. The summed E-state index contributed by atoms with van der Waals surface area (Å²) in [7, 11) is 0. The summed E-state index contributed by atoms with van der Waals surface area (Å²) in [4.78, 5) is 5.03. The Morgan fingerprint density at radius 3 is 2.44 bits per heavy atom. The highest BCUT2D eigenvalue weighted by Crippen LogP contribution is 2.26. The number of hydrogen-bond donors (Lipinski definition) is 0. The smallest absolute Gasteiger partial charge is 0.286 e. The van der Waals surface area contributed by atoms with Crippen LogP contribution in [0.15, 0.2) is 35.5 Å². The van der Waals surface area contributed by atoms with E-state index in [9.17, 15) is 8.78 Å². The Morgan fingerprint density at radius 1 is 1.33 bits per heavy atom. The molecule has 96 valence electrons. The second kappa shape index (κ2) is 5.18. The van der Waals surface area contributed by atoms with E-state index in [-0.39, 0.29) is 12.1 Å². The van der Waals surface area contributed by atoms with Crippen molar-refractivity contribution in [2.75, 3.05) is 0 Å². The van der Waals surface area contributed by atoms with Crippen molar-refractivity contribution >= 4 is 27.4 Å². The molecule has 0 unspecified atom stereocenters. The van der Waals surface area contributed by atoms with Gasteiger partial charge in [-0.3, -0.25) is 0 Å². The summed E-state index contributed by atoms with van der Waals surface area (Å²) in [6.07, 6.45) is 1.74. The number of benzene rings is 1. The lowest BCUT2D eigenvalue weighted by molar-refractivity contribution is 0.0924. The van der Waals surface area contributed by atoms with Crippen LogP contribution in [0.25, 0.3) is 5.76 Å². The third kappa shape index (κ3) is 2.96. The minimum absolute atomic E-state index is 0.110. The molecule has 0 N–H and O–H groups in total. The lowest BCUT2D eigenvalue weighted by Crippen LogP contribution is -2.25. The number of allylic oxidation sites excluding steroid dienone is 1.